The number of aryl methyl sites for hydroxylation is 2. The largest absolute Gasteiger partial charge is 0.497 e. The summed E-state index contributed by atoms with van der Waals surface area (Å²) in [5, 5.41) is 3.04. The van der Waals surface area contributed by atoms with Crippen molar-refractivity contribution in [2.45, 2.75) is 19.9 Å². The number of H-pyrrole nitrogens is 1. The number of nitrogens with one attached hydrogen (secondary N) is 2. The third kappa shape index (κ3) is 4.83. The summed E-state index contributed by atoms with van der Waals surface area (Å²) in [4.78, 5) is 33.2. The van der Waals surface area contributed by atoms with Crippen molar-refractivity contribution in [1.82, 2.24) is 19.9 Å². The Balaban J connectivity index is 1.89. The number of carbonyl (C=O) groups is 2. The van der Waals surface area contributed by atoms with Crippen molar-refractivity contribution in [2.24, 2.45) is 7.05 Å². The number of benzene rings is 1. The van der Waals surface area contributed by atoms with E-state index >= 15 is 0 Å². The molecule has 1 amide bonds. The standard InChI is InChI=1S/C23H28N4O5/c1-14-18(23(29)32-13-12-30-4)15(2)25-19(14)22(28)26-20(21-24-10-11-27(21)3)16-6-8-17(31-5)9-7-16/h6-11,20,25H,12-13H2,1-5H3,(H,26,28). The maximum Gasteiger partial charge on any atom is 0.340 e. The van der Waals surface area contributed by atoms with E-state index in [1.54, 1.807) is 27.2 Å². The zero-order valence-electron chi connectivity index (χ0n) is 18.9. The summed E-state index contributed by atoms with van der Waals surface area (Å²) >= 11 is 0. The minimum absolute atomic E-state index is 0.139. The molecule has 9 nitrogen and oxygen atoms in total. The Hall–Kier alpha value is -3.59. The van der Waals surface area contributed by atoms with Crippen LogP contribution in [0.25, 0.3) is 0 Å². The first-order chi connectivity index (χ1) is 15.4. The smallest absolute Gasteiger partial charge is 0.340 e. The normalized spacial score (nSPS) is 11.8. The number of rotatable bonds is 9. The maximum atomic E-state index is 13.3. The predicted molar refractivity (Wildman–Crippen MR) is 118 cm³/mol. The van der Waals surface area contributed by atoms with Crippen molar-refractivity contribution < 1.29 is 23.8 Å². The number of carbonyl (C=O) groups excluding carboxylic acids is 2. The van der Waals surface area contributed by atoms with Crippen molar-refractivity contribution in [3.63, 3.8) is 0 Å². The highest BCUT2D eigenvalue weighted by Crippen LogP contribution is 2.25. The average molecular weight is 441 g/mol. The van der Waals surface area contributed by atoms with Crippen molar-refractivity contribution in [1.29, 1.82) is 0 Å². The lowest BCUT2D eigenvalue weighted by atomic mass is 10.0. The second-order valence-corrected chi connectivity index (χ2v) is 7.33. The van der Waals surface area contributed by atoms with Gasteiger partial charge in [-0.25, -0.2) is 9.78 Å². The van der Waals surface area contributed by atoms with E-state index in [1.807, 2.05) is 42.1 Å². The van der Waals surface area contributed by atoms with Crippen LogP contribution >= 0.6 is 0 Å². The van der Waals surface area contributed by atoms with Crippen LogP contribution in [0.15, 0.2) is 36.7 Å². The number of imidazole rings is 1. The van der Waals surface area contributed by atoms with Crippen LogP contribution in [0.5, 0.6) is 5.75 Å². The Morgan fingerprint density at radius 2 is 1.88 bits per heavy atom. The molecule has 170 valence electrons. The molecule has 1 aromatic carbocycles. The number of nitrogens with zero attached hydrogens (tertiary/aromatic N) is 2. The quantitative estimate of drug-likeness (QED) is 0.391. The fourth-order valence-corrected chi connectivity index (χ4v) is 3.52. The van der Waals surface area contributed by atoms with Gasteiger partial charge in [-0.15, -0.1) is 0 Å². The molecule has 9 heteroatoms. The number of aromatic amines is 1. The summed E-state index contributed by atoms with van der Waals surface area (Å²) in [6, 6.07) is 6.91. The van der Waals surface area contributed by atoms with E-state index in [0.717, 1.165) is 5.56 Å². The molecule has 1 unspecified atom stereocenters. The Labute approximate surface area is 186 Å². The van der Waals surface area contributed by atoms with Gasteiger partial charge in [0.2, 0.25) is 0 Å². The third-order valence-corrected chi connectivity index (χ3v) is 5.23. The second kappa shape index (κ2) is 10.1. The Bertz CT molecular complexity index is 1080. The number of aromatic nitrogens is 3. The molecule has 0 aliphatic carbocycles. The van der Waals surface area contributed by atoms with Crippen LogP contribution in [0.3, 0.4) is 0 Å². The lowest BCUT2D eigenvalue weighted by molar-refractivity contribution is 0.0387. The molecule has 3 aromatic rings. The monoisotopic (exact) mass is 440 g/mol. The van der Waals surface area contributed by atoms with Gasteiger partial charge in [0.05, 0.1) is 19.3 Å². The molecular weight excluding hydrogens is 412 g/mol. The lowest BCUT2D eigenvalue weighted by Gasteiger charge is -2.19. The van der Waals surface area contributed by atoms with Gasteiger partial charge in [0.15, 0.2) is 0 Å². The summed E-state index contributed by atoms with van der Waals surface area (Å²) in [6.07, 6.45) is 3.49. The van der Waals surface area contributed by atoms with Gasteiger partial charge < -0.3 is 29.1 Å². The molecule has 0 bridgehead atoms. The molecule has 32 heavy (non-hydrogen) atoms. The minimum Gasteiger partial charge on any atom is -0.497 e. The molecule has 0 saturated heterocycles. The highest BCUT2D eigenvalue weighted by atomic mass is 16.6. The summed E-state index contributed by atoms with van der Waals surface area (Å²) < 4.78 is 17.2. The Kier molecular flexibility index (Phi) is 7.32. The van der Waals surface area contributed by atoms with Crippen LogP contribution in [-0.2, 0) is 16.5 Å². The Morgan fingerprint density at radius 1 is 1.16 bits per heavy atom. The van der Waals surface area contributed by atoms with Crippen LogP contribution in [0, 0.1) is 13.8 Å². The van der Waals surface area contributed by atoms with Crippen molar-refractivity contribution >= 4 is 11.9 Å². The van der Waals surface area contributed by atoms with Gasteiger partial charge in [0.25, 0.3) is 5.91 Å². The van der Waals surface area contributed by atoms with E-state index in [1.165, 1.54) is 7.11 Å². The molecular formula is C23H28N4O5. The van der Waals surface area contributed by atoms with E-state index in [0.29, 0.717) is 40.7 Å². The maximum absolute atomic E-state index is 13.3. The lowest BCUT2D eigenvalue weighted by Crippen LogP contribution is -2.31. The molecule has 2 N–H and O–H groups in total. The van der Waals surface area contributed by atoms with Crippen LogP contribution < -0.4 is 10.1 Å². The zero-order chi connectivity index (χ0) is 23.3. The molecule has 1 atom stereocenters. The van der Waals surface area contributed by atoms with Gasteiger partial charge in [-0.1, -0.05) is 12.1 Å². The van der Waals surface area contributed by atoms with Crippen LogP contribution in [0.2, 0.25) is 0 Å². The van der Waals surface area contributed by atoms with Crippen LogP contribution in [-0.4, -0.2) is 53.8 Å². The number of amides is 1. The molecule has 0 radical (unpaired) electrons. The van der Waals surface area contributed by atoms with E-state index in [2.05, 4.69) is 15.3 Å². The van der Waals surface area contributed by atoms with Gasteiger partial charge in [-0.3, -0.25) is 4.79 Å². The predicted octanol–water partition coefficient (Wildman–Crippen LogP) is 2.70. The summed E-state index contributed by atoms with van der Waals surface area (Å²) in [6.45, 7) is 3.89. The number of ether oxygens (including phenoxy) is 3. The van der Waals surface area contributed by atoms with Gasteiger partial charge in [-0.2, -0.15) is 0 Å². The first kappa shape index (κ1) is 23.1. The molecule has 0 spiro atoms. The molecule has 3 rings (SSSR count). The zero-order valence-corrected chi connectivity index (χ0v) is 18.9. The van der Waals surface area contributed by atoms with Gasteiger partial charge in [-0.05, 0) is 37.1 Å². The molecule has 2 heterocycles. The minimum atomic E-state index is -0.506. The van der Waals surface area contributed by atoms with E-state index in [-0.39, 0.29) is 12.5 Å². The molecule has 0 fully saturated rings. The van der Waals surface area contributed by atoms with Crippen LogP contribution in [0.1, 0.15) is 49.5 Å². The number of hydrogen-bond donors (Lipinski definition) is 2. The number of esters is 1. The molecule has 0 saturated carbocycles. The number of methoxy groups -OCH3 is 2. The summed E-state index contributed by atoms with van der Waals surface area (Å²) in [7, 11) is 4.99. The van der Waals surface area contributed by atoms with Crippen LogP contribution in [0.4, 0.5) is 0 Å². The fourth-order valence-electron chi connectivity index (χ4n) is 3.52. The first-order valence-electron chi connectivity index (χ1n) is 10.1. The fraction of sp³-hybridized carbons (Fsp3) is 0.348. The number of hydrogen-bond acceptors (Lipinski definition) is 6. The topological polar surface area (TPSA) is 107 Å². The van der Waals surface area contributed by atoms with E-state index < -0.39 is 12.0 Å². The average Bonchev–Trinajstić information content (AvgIpc) is 3.34. The molecule has 0 aliphatic heterocycles. The highest BCUT2D eigenvalue weighted by molar-refractivity contribution is 6.00. The third-order valence-electron chi connectivity index (χ3n) is 5.23. The SMILES string of the molecule is COCCOC(=O)c1c(C)[nH]c(C(=O)NC(c2ccc(OC)cc2)c2nccn2C)c1C. The van der Waals surface area contributed by atoms with Gasteiger partial charge in [0.1, 0.15) is 29.9 Å². The summed E-state index contributed by atoms with van der Waals surface area (Å²) in [5.41, 5.74) is 2.58. The van der Waals surface area contributed by atoms with Crippen molar-refractivity contribution in [2.75, 3.05) is 27.4 Å². The van der Waals surface area contributed by atoms with Crippen molar-refractivity contribution in [3.05, 3.63) is 70.6 Å². The second-order valence-electron chi connectivity index (χ2n) is 7.33. The molecule has 0 aliphatic rings. The highest BCUT2D eigenvalue weighted by Gasteiger charge is 2.27. The Morgan fingerprint density at radius 3 is 2.47 bits per heavy atom. The van der Waals surface area contributed by atoms with E-state index in [9.17, 15) is 9.59 Å². The summed E-state index contributed by atoms with van der Waals surface area (Å²) in [5.74, 6) is 0.531. The van der Waals surface area contributed by atoms with Gasteiger partial charge >= 0.3 is 5.97 Å². The first-order valence-corrected chi connectivity index (χ1v) is 10.1. The van der Waals surface area contributed by atoms with E-state index in [4.69, 9.17) is 14.2 Å². The van der Waals surface area contributed by atoms with Gasteiger partial charge in [0, 0.05) is 32.2 Å². The van der Waals surface area contributed by atoms with Crippen molar-refractivity contribution in [3.8, 4) is 5.75 Å². The molecule has 2 aromatic heterocycles.